The van der Waals surface area contributed by atoms with Gasteiger partial charge in [-0.15, -0.1) is 0 Å². The van der Waals surface area contributed by atoms with E-state index in [1.54, 1.807) is 0 Å². The van der Waals surface area contributed by atoms with Gasteiger partial charge in [0.05, 0.1) is 5.92 Å². The molecule has 1 aliphatic heterocycles. The third kappa shape index (κ3) is 2.19. The molecule has 0 saturated carbocycles. The van der Waals surface area contributed by atoms with Gasteiger partial charge in [0.1, 0.15) is 0 Å². The van der Waals surface area contributed by atoms with Crippen LogP contribution in [0.25, 0.3) is 0 Å². The Bertz CT molecular complexity index is 165. The summed E-state index contributed by atoms with van der Waals surface area (Å²) < 4.78 is 0. The number of piperidine rings is 1. The van der Waals surface area contributed by atoms with Gasteiger partial charge in [0.2, 0.25) is 0 Å². The Kier molecular flexibility index (Phi) is 2.18. The molecule has 0 radical (unpaired) electrons. The van der Waals surface area contributed by atoms with Crippen LogP contribution in [0.4, 0.5) is 0 Å². The lowest BCUT2D eigenvalue weighted by Gasteiger charge is -2.34. The van der Waals surface area contributed by atoms with Crippen LogP contribution in [0.3, 0.4) is 0 Å². The van der Waals surface area contributed by atoms with Gasteiger partial charge in [0.25, 0.3) is 0 Å². The molecular weight excluding hydrogens is 142 g/mol. The fraction of sp³-hybridized carbons (Fsp3) is 0.875. The van der Waals surface area contributed by atoms with Gasteiger partial charge in [0.15, 0.2) is 0 Å². The first kappa shape index (κ1) is 8.53. The maximum Gasteiger partial charge on any atom is 0.306 e. The summed E-state index contributed by atoms with van der Waals surface area (Å²) >= 11 is 0. The van der Waals surface area contributed by atoms with E-state index in [2.05, 4.69) is 5.32 Å². The highest BCUT2D eigenvalue weighted by molar-refractivity contribution is 5.70. The second-order valence-electron chi connectivity index (χ2n) is 3.84. The molecule has 0 spiro atoms. The molecule has 0 bridgehead atoms. The summed E-state index contributed by atoms with van der Waals surface area (Å²) in [6, 6.07) is 0. The van der Waals surface area contributed by atoms with Crippen LogP contribution >= 0.6 is 0 Å². The maximum atomic E-state index is 10.6. The van der Waals surface area contributed by atoms with Crippen LogP contribution in [0, 0.1) is 5.92 Å². The fourth-order valence-electron chi connectivity index (χ4n) is 1.59. The lowest BCUT2D eigenvalue weighted by molar-refractivity contribution is -0.143. The second-order valence-corrected chi connectivity index (χ2v) is 3.84. The van der Waals surface area contributed by atoms with Crippen LogP contribution in [0.2, 0.25) is 0 Å². The Hall–Kier alpha value is -0.570. The largest absolute Gasteiger partial charge is 0.481 e. The lowest BCUT2D eigenvalue weighted by Crippen LogP contribution is -2.47. The number of rotatable bonds is 1. The smallest absolute Gasteiger partial charge is 0.306 e. The summed E-state index contributed by atoms with van der Waals surface area (Å²) in [5.41, 5.74) is 0.00130. The standard InChI is InChI=1S/C8H15NO2/c1-8(2)5-6(7(10)11)3-4-9-8/h6,9H,3-5H2,1-2H3,(H,10,11). The predicted molar refractivity (Wildman–Crippen MR) is 42.4 cm³/mol. The third-order valence-corrected chi connectivity index (χ3v) is 2.20. The van der Waals surface area contributed by atoms with E-state index in [9.17, 15) is 4.79 Å². The third-order valence-electron chi connectivity index (χ3n) is 2.20. The van der Waals surface area contributed by atoms with E-state index in [1.165, 1.54) is 0 Å². The molecule has 2 N–H and O–H groups in total. The molecule has 0 aromatic heterocycles. The zero-order valence-electron chi connectivity index (χ0n) is 7.05. The quantitative estimate of drug-likeness (QED) is 0.593. The maximum absolute atomic E-state index is 10.6. The summed E-state index contributed by atoms with van der Waals surface area (Å²) in [7, 11) is 0. The SMILES string of the molecule is CC1(C)CC(C(=O)O)CCN1. The first-order chi connectivity index (χ1) is 5.01. The number of aliphatic carboxylic acids is 1. The van der Waals surface area contributed by atoms with Crippen molar-refractivity contribution in [1.29, 1.82) is 0 Å². The van der Waals surface area contributed by atoms with Crippen LogP contribution in [-0.4, -0.2) is 23.2 Å². The van der Waals surface area contributed by atoms with E-state index in [1.807, 2.05) is 13.8 Å². The van der Waals surface area contributed by atoms with E-state index < -0.39 is 5.97 Å². The number of hydrogen-bond acceptors (Lipinski definition) is 2. The predicted octanol–water partition coefficient (Wildman–Crippen LogP) is 0.849. The van der Waals surface area contributed by atoms with Gasteiger partial charge in [-0.05, 0) is 33.2 Å². The molecule has 0 amide bonds. The van der Waals surface area contributed by atoms with Crippen LogP contribution in [0.5, 0.6) is 0 Å². The molecule has 0 aromatic rings. The molecule has 1 unspecified atom stereocenters. The molecule has 64 valence electrons. The second kappa shape index (κ2) is 2.81. The van der Waals surface area contributed by atoms with Gasteiger partial charge in [-0.25, -0.2) is 0 Å². The number of carboxylic acids is 1. The highest BCUT2D eigenvalue weighted by Crippen LogP contribution is 2.23. The highest BCUT2D eigenvalue weighted by atomic mass is 16.4. The highest BCUT2D eigenvalue weighted by Gasteiger charge is 2.31. The zero-order valence-corrected chi connectivity index (χ0v) is 7.05. The first-order valence-electron chi connectivity index (χ1n) is 3.99. The number of carboxylic acid groups (broad SMARTS) is 1. The lowest BCUT2D eigenvalue weighted by atomic mass is 9.85. The molecule has 1 heterocycles. The van der Waals surface area contributed by atoms with Gasteiger partial charge in [-0.2, -0.15) is 0 Å². The van der Waals surface area contributed by atoms with Gasteiger partial charge >= 0.3 is 5.97 Å². The van der Waals surface area contributed by atoms with Crippen molar-refractivity contribution >= 4 is 5.97 Å². The number of hydrogen-bond donors (Lipinski definition) is 2. The molecule has 0 aliphatic carbocycles. The molecule has 3 nitrogen and oxygen atoms in total. The molecule has 3 heteroatoms. The van der Waals surface area contributed by atoms with Crippen LogP contribution in [0.15, 0.2) is 0 Å². The molecule has 1 fully saturated rings. The Morgan fingerprint density at radius 3 is 2.64 bits per heavy atom. The average Bonchev–Trinajstić information content (AvgIpc) is 1.85. The van der Waals surface area contributed by atoms with Crippen LogP contribution in [-0.2, 0) is 4.79 Å². The van der Waals surface area contributed by atoms with Crippen molar-refractivity contribution in [2.24, 2.45) is 5.92 Å². The topological polar surface area (TPSA) is 49.3 Å². The molecule has 1 aliphatic rings. The Morgan fingerprint density at radius 2 is 2.27 bits per heavy atom. The minimum atomic E-state index is -0.653. The van der Waals surface area contributed by atoms with Crippen molar-refractivity contribution in [2.75, 3.05) is 6.54 Å². The summed E-state index contributed by atoms with van der Waals surface area (Å²) in [5, 5.41) is 12.0. The van der Waals surface area contributed by atoms with Crippen LogP contribution < -0.4 is 5.32 Å². The Labute approximate surface area is 66.8 Å². The molecular formula is C8H15NO2. The molecule has 11 heavy (non-hydrogen) atoms. The van der Waals surface area contributed by atoms with Crippen molar-refractivity contribution in [1.82, 2.24) is 5.32 Å². The van der Waals surface area contributed by atoms with E-state index in [-0.39, 0.29) is 11.5 Å². The average molecular weight is 157 g/mol. The van der Waals surface area contributed by atoms with Crippen molar-refractivity contribution in [3.63, 3.8) is 0 Å². The van der Waals surface area contributed by atoms with Gasteiger partial charge < -0.3 is 10.4 Å². The minimum absolute atomic E-state index is 0.00130. The Morgan fingerprint density at radius 1 is 1.64 bits per heavy atom. The molecule has 0 aromatic carbocycles. The number of carbonyl (C=O) groups is 1. The minimum Gasteiger partial charge on any atom is -0.481 e. The van der Waals surface area contributed by atoms with Gasteiger partial charge in [-0.3, -0.25) is 4.79 Å². The summed E-state index contributed by atoms with van der Waals surface area (Å²) in [4.78, 5) is 10.6. The fourth-order valence-corrected chi connectivity index (χ4v) is 1.59. The van der Waals surface area contributed by atoms with E-state index in [0.29, 0.717) is 0 Å². The monoisotopic (exact) mass is 157 g/mol. The molecule has 1 rings (SSSR count). The summed E-state index contributed by atoms with van der Waals surface area (Å²) in [5.74, 6) is -0.800. The summed E-state index contributed by atoms with van der Waals surface area (Å²) in [6.07, 6.45) is 1.50. The van der Waals surface area contributed by atoms with E-state index >= 15 is 0 Å². The zero-order chi connectivity index (χ0) is 8.48. The Balaban J connectivity index is 2.53. The van der Waals surface area contributed by atoms with Crippen molar-refractivity contribution in [2.45, 2.75) is 32.2 Å². The van der Waals surface area contributed by atoms with Crippen molar-refractivity contribution < 1.29 is 9.90 Å². The van der Waals surface area contributed by atoms with E-state index in [0.717, 1.165) is 19.4 Å². The van der Waals surface area contributed by atoms with Crippen molar-refractivity contribution in [3.8, 4) is 0 Å². The van der Waals surface area contributed by atoms with Crippen LogP contribution in [0.1, 0.15) is 26.7 Å². The molecule has 1 saturated heterocycles. The normalized spacial score (nSPS) is 29.8. The van der Waals surface area contributed by atoms with Gasteiger partial charge in [0, 0.05) is 5.54 Å². The van der Waals surface area contributed by atoms with Gasteiger partial charge in [-0.1, -0.05) is 0 Å². The molecule has 1 atom stereocenters. The van der Waals surface area contributed by atoms with Crippen molar-refractivity contribution in [3.05, 3.63) is 0 Å². The van der Waals surface area contributed by atoms with E-state index in [4.69, 9.17) is 5.11 Å². The number of nitrogens with one attached hydrogen (secondary N) is 1. The summed E-state index contributed by atoms with van der Waals surface area (Å²) in [6.45, 7) is 4.91. The first-order valence-corrected chi connectivity index (χ1v) is 3.99.